The van der Waals surface area contributed by atoms with Crippen molar-refractivity contribution in [2.24, 2.45) is 5.92 Å². The number of benzene rings is 1. The summed E-state index contributed by atoms with van der Waals surface area (Å²) >= 11 is 0. The van der Waals surface area contributed by atoms with Crippen LogP contribution in [0.3, 0.4) is 0 Å². The molecule has 2 aliphatic rings. The van der Waals surface area contributed by atoms with E-state index in [9.17, 15) is 9.59 Å². The fraction of sp³-hybridized carbons (Fsp3) is 0.368. The van der Waals surface area contributed by atoms with Crippen LogP contribution in [0.1, 0.15) is 48.1 Å². The van der Waals surface area contributed by atoms with Gasteiger partial charge in [-0.15, -0.1) is 0 Å². The van der Waals surface area contributed by atoms with E-state index in [2.05, 4.69) is 12.2 Å². The lowest BCUT2D eigenvalue weighted by Crippen LogP contribution is -2.42. The van der Waals surface area contributed by atoms with Gasteiger partial charge in [0.15, 0.2) is 5.78 Å². The number of nitrogens with one attached hydrogen (secondary N) is 1. The van der Waals surface area contributed by atoms with E-state index in [-0.39, 0.29) is 17.4 Å². The molecular weight excluding hydrogens is 288 g/mol. The van der Waals surface area contributed by atoms with E-state index >= 15 is 0 Å². The van der Waals surface area contributed by atoms with Crippen molar-refractivity contribution in [3.05, 3.63) is 63.9 Å². The molecule has 0 amide bonds. The molecule has 2 heterocycles. The number of anilines is 1. The normalized spacial score (nSPS) is 25.3. The fourth-order valence-corrected chi connectivity index (χ4v) is 4.15. The Morgan fingerprint density at radius 3 is 2.70 bits per heavy atom. The third kappa shape index (κ3) is 2.21. The molecule has 118 valence electrons. The molecule has 2 aromatic rings. The van der Waals surface area contributed by atoms with Gasteiger partial charge in [0.25, 0.3) is 5.56 Å². The zero-order valence-electron chi connectivity index (χ0n) is 13.2. The summed E-state index contributed by atoms with van der Waals surface area (Å²) in [6.45, 7) is 2.10. The predicted molar refractivity (Wildman–Crippen MR) is 90.0 cm³/mol. The standard InChI is InChI=1S/C19H20N2O2/c1-12-14-8-5-9-16(14)20-19-15(10-11-17(22)21(12)19)18(23)13-6-3-2-4-7-13/h2-4,6-7,10-12,14,16,20H,5,8-9H2,1H3. The zero-order chi connectivity index (χ0) is 16.0. The van der Waals surface area contributed by atoms with Gasteiger partial charge in [-0.05, 0) is 31.7 Å². The number of pyridine rings is 1. The van der Waals surface area contributed by atoms with Crippen LogP contribution in [0.5, 0.6) is 0 Å². The number of hydrogen-bond acceptors (Lipinski definition) is 3. The second-order valence-corrected chi connectivity index (χ2v) is 6.59. The van der Waals surface area contributed by atoms with Crippen LogP contribution in [0.15, 0.2) is 47.3 Å². The van der Waals surface area contributed by atoms with E-state index in [0.717, 1.165) is 12.8 Å². The zero-order valence-corrected chi connectivity index (χ0v) is 13.2. The maximum Gasteiger partial charge on any atom is 0.252 e. The van der Waals surface area contributed by atoms with Crippen LogP contribution < -0.4 is 10.9 Å². The molecule has 1 aliphatic heterocycles. The van der Waals surface area contributed by atoms with Crippen molar-refractivity contribution >= 4 is 11.6 Å². The summed E-state index contributed by atoms with van der Waals surface area (Å²) in [5.41, 5.74) is 1.21. The van der Waals surface area contributed by atoms with Gasteiger partial charge in [-0.1, -0.05) is 36.8 Å². The quantitative estimate of drug-likeness (QED) is 0.867. The highest BCUT2D eigenvalue weighted by atomic mass is 16.1. The minimum absolute atomic E-state index is 0.0324. The van der Waals surface area contributed by atoms with Crippen molar-refractivity contribution in [2.75, 3.05) is 5.32 Å². The topological polar surface area (TPSA) is 51.1 Å². The molecule has 1 aliphatic carbocycles. The first-order valence-corrected chi connectivity index (χ1v) is 8.28. The van der Waals surface area contributed by atoms with Crippen LogP contribution in [0.2, 0.25) is 0 Å². The Bertz CT molecular complexity index is 810. The molecule has 1 aromatic carbocycles. The Balaban J connectivity index is 1.85. The number of carbonyl (C=O) groups is 1. The fourth-order valence-electron chi connectivity index (χ4n) is 4.15. The molecule has 1 N–H and O–H groups in total. The third-order valence-electron chi connectivity index (χ3n) is 5.33. The van der Waals surface area contributed by atoms with Crippen LogP contribution in [0.25, 0.3) is 0 Å². The molecule has 1 aromatic heterocycles. The smallest absolute Gasteiger partial charge is 0.252 e. The highest BCUT2D eigenvalue weighted by Gasteiger charge is 2.39. The highest BCUT2D eigenvalue weighted by Crippen LogP contribution is 2.41. The largest absolute Gasteiger partial charge is 0.368 e. The van der Waals surface area contributed by atoms with Gasteiger partial charge in [-0.3, -0.25) is 14.2 Å². The van der Waals surface area contributed by atoms with E-state index in [0.29, 0.717) is 28.9 Å². The van der Waals surface area contributed by atoms with Crippen LogP contribution in [0, 0.1) is 5.92 Å². The van der Waals surface area contributed by atoms with E-state index in [1.54, 1.807) is 10.6 Å². The molecule has 0 radical (unpaired) electrons. The number of fused-ring (bicyclic) bond motifs is 2. The Hall–Kier alpha value is -2.36. The lowest BCUT2D eigenvalue weighted by atomic mass is 9.91. The first kappa shape index (κ1) is 14.2. The van der Waals surface area contributed by atoms with Gasteiger partial charge >= 0.3 is 0 Å². The van der Waals surface area contributed by atoms with Gasteiger partial charge in [0, 0.05) is 23.7 Å². The summed E-state index contributed by atoms with van der Waals surface area (Å²) in [5.74, 6) is 1.13. The average molecular weight is 308 g/mol. The Kier molecular flexibility index (Phi) is 3.33. The van der Waals surface area contributed by atoms with Crippen molar-refractivity contribution in [1.82, 2.24) is 4.57 Å². The van der Waals surface area contributed by atoms with E-state index < -0.39 is 0 Å². The Morgan fingerprint density at radius 1 is 1.13 bits per heavy atom. The summed E-state index contributed by atoms with van der Waals surface area (Å²) < 4.78 is 1.78. The van der Waals surface area contributed by atoms with Crippen LogP contribution in [-0.4, -0.2) is 16.4 Å². The summed E-state index contributed by atoms with van der Waals surface area (Å²) in [6, 6.07) is 12.9. The molecule has 3 unspecified atom stereocenters. The monoisotopic (exact) mass is 308 g/mol. The van der Waals surface area contributed by atoms with Crippen molar-refractivity contribution in [3.8, 4) is 0 Å². The molecule has 4 rings (SSSR count). The third-order valence-corrected chi connectivity index (χ3v) is 5.33. The highest BCUT2D eigenvalue weighted by molar-refractivity contribution is 6.11. The van der Waals surface area contributed by atoms with Gasteiger partial charge < -0.3 is 5.32 Å². The maximum absolute atomic E-state index is 12.9. The van der Waals surface area contributed by atoms with Gasteiger partial charge in [0.2, 0.25) is 0 Å². The molecule has 0 bridgehead atoms. The Morgan fingerprint density at radius 2 is 1.91 bits per heavy atom. The molecule has 1 saturated carbocycles. The van der Waals surface area contributed by atoms with Crippen LogP contribution in [0.4, 0.5) is 5.82 Å². The molecular formula is C19H20N2O2. The van der Waals surface area contributed by atoms with Crippen molar-refractivity contribution in [3.63, 3.8) is 0 Å². The summed E-state index contributed by atoms with van der Waals surface area (Å²) in [6.07, 6.45) is 3.43. The van der Waals surface area contributed by atoms with Gasteiger partial charge in [0.1, 0.15) is 5.82 Å². The van der Waals surface area contributed by atoms with E-state index in [4.69, 9.17) is 0 Å². The minimum Gasteiger partial charge on any atom is -0.368 e. The lowest BCUT2D eigenvalue weighted by molar-refractivity contribution is 0.103. The number of carbonyl (C=O) groups excluding carboxylic acids is 1. The van der Waals surface area contributed by atoms with Crippen molar-refractivity contribution < 1.29 is 4.79 Å². The first-order valence-electron chi connectivity index (χ1n) is 8.28. The maximum atomic E-state index is 12.9. The molecule has 0 spiro atoms. The van der Waals surface area contributed by atoms with Gasteiger partial charge in [-0.2, -0.15) is 0 Å². The van der Waals surface area contributed by atoms with Crippen molar-refractivity contribution in [2.45, 2.75) is 38.3 Å². The van der Waals surface area contributed by atoms with E-state index in [1.807, 2.05) is 30.3 Å². The lowest BCUT2D eigenvalue weighted by Gasteiger charge is -2.37. The summed E-state index contributed by atoms with van der Waals surface area (Å²) in [7, 11) is 0. The molecule has 23 heavy (non-hydrogen) atoms. The van der Waals surface area contributed by atoms with Crippen LogP contribution >= 0.6 is 0 Å². The number of hydrogen-bond donors (Lipinski definition) is 1. The predicted octanol–water partition coefficient (Wildman–Crippen LogP) is 3.23. The van der Waals surface area contributed by atoms with Gasteiger partial charge in [0.05, 0.1) is 5.56 Å². The summed E-state index contributed by atoms with van der Waals surface area (Å²) in [4.78, 5) is 25.3. The number of aromatic nitrogens is 1. The minimum atomic E-state index is -0.0366. The van der Waals surface area contributed by atoms with Gasteiger partial charge in [-0.25, -0.2) is 0 Å². The second kappa shape index (κ2) is 5.37. The van der Waals surface area contributed by atoms with Crippen LogP contribution in [-0.2, 0) is 0 Å². The summed E-state index contributed by atoms with van der Waals surface area (Å²) in [5, 5.41) is 3.49. The molecule has 3 atom stereocenters. The molecule has 0 saturated heterocycles. The second-order valence-electron chi connectivity index (χ2n) is 6.59. The SMILES string of the molecule is CC1C2CCCC2Nc2c(C(=O)c3ccccc3)ccc(=O)n21. The van der Waals surface area contributed by atoms with E-state index in [1.165, 1.54) is 12.5 Å². The number of ketones is 1. The first-order chi connectivity index (χ1) is 11.2. The average Bonchev–Trinajstić information content (AvgIpc) is 3.04. The molecule has 4 nitrogen and oxygen atoms in total. The number of nitrogens with zero attached hydrogens (tertiary/aromatic N) is 1. The molecule has 4 heteroatoms. The van der Waals surface area contributed by atoms with Crippen molar-refractivity contribution in [1.29, 1.82) is 0 Å². The number of rotatable bonds is 2. The Labute approximate surface area is 135 Å². The molecule has 1 fully saturated rings.